The van der Waals surface area contributed by atoms with Crippen LogP contribution < -0.4 is 9.75 Å². The number of hydrogen-bond donors (Lipinski definition) is 0. The summed E-state index contributed by atoms with van der Waals surface area (Å²) < 4.78 is 6.74. The summed E-state index contributed by atoms with van der Waals surface area (Å²) in [6.45, 7) is 6.43. The van der Waals surface area contributed by atoms with Crippen molar-refractivity contribution in [2.75, 3.05) is 11.6 Å². The summed E-state index contributed by atoms with van der Waals surface area (Å²) in [4.78, 5) is 16.9. The fraction of sp³-hybridized carbons (Fsp3) is 0.276. The van der Waals surface area contributed by atoms with Crippen LogP contribution >= 0.6 is 11.3 Å². The lowest BCUT2D eigenvalue weighted by Crippen LogP contribution is -2.26. The summed E-state index contributed by atoms with van der Waals surface area (Å²) in [5.41, 5.74) is 2.93. The van der Waals surface area contributed by atoms with Gasteiger partial charge in [-0.05, 0) is 54.7 Å². The molecule has 5 rings (SSSR count). The van der Waals surface area contributed by atoms with Crippen LogP contribution in [0.15, 0.2) is 72.4 Å². The number of benzene rings is 3. The molecule has 1 aromatic heterocycles. The van der Waals surface area contributed by atoms with Gasteiger partial charge in [0.05, 0.1) is 16.4 Å². The molecule has 0 bridgehead atoms. The number of para-hydroxylation sites is 1. The Morgan fingerprint density at radius 1 is 1.17 bits per heavy atom. The van der Waals surface area contributed by atoms with Crippen LogP contribution in [0.4, 0.5) is 5.13 Å². The fourth-order valence-corrected chi connectivity index (χ4v) is 5.64. The molecule has 1 saturated carbocycles. The molecular formula is C29H29N3O2S. The highest BCUT2D eigenvalue weighted by Crippen LogP contribution is 2.33. The molecule has 4 aromatic rings. The van der Waals surface area contributed by atoms with Crippen molar-refractivity contribution in [2.45, 2.75) is 39.0 Å². The molecule has 0 amide bonds. The Bertz CT molecular complexity index is 1370. The number of nitrogens with zero attached hydrogens (tertiary/aromatic N) is 3. The van der Waals surface area contributed by atoms with Crippen molar-refractivity contribution in [2.24, 2.45) is 11.0 Å². The number of aromatic nitrogens is 1. The second kappa shape index (κ2) is 10.4. The second-order valence-electron chi connectivity index (χ2n) is 9.12. The number of carbonyl (C=O) groups excluding carboxylic acids is 1. The van der Waals surface area contributed by atoms with Gasteiger partial charge in [-0.2, -0.15) is 5.10 Å². The smallest absolute Gasteiger partial charge is 0.335 e. The molecule has 1 heterocycles. The number of fused-ring (bicyclic) bond motifs is 2. The monoisotopic (exact) mass is 483 g/mol. The molecule has 3 aromatic carbocycles. The Balaban J connectivity index is 1.56. The highest BCUT2D eigenvalue weighted by molar-refractivity contribution is 7.22. The summed E-state index contributed by atoms with van der Waals surface area (Å²) >= 11 is 1.66. The van der Waals surface area contributed by atoms with E-state index in [2.05, 4.69) is 37.8 Å². The summed E-state index contributed by atoms with van der Waals surface area (Å²) in [5, 5.41) is 9.93. The molecule has 5 nitrogen and oxygen atoms in total. The number of ether oxygens (including phenoxy) is 1. The van der Waals surface area contributed by atoms with E-state index in [1.807, 2.05) is 41.6 Å². The van der Waals surface area contributed by atoms with Crippen molar-refractivity contribution in [3.05, 3.63) is 78.4 Å². The van der Waals surface area contributed by atoms with Gasteiger partial charge in [-0.25, -0.2) is 14.8 Å². The van der Waals surface area contributed by atoms with Gasteiger partial charge in [-0.15, -0.1) is 0 Å². The molecule has 1 aliphatic rings. The van der Waals surface area contributed by atoms with Crippen LogP contribution in [0.2, 0.25) is 0 Å². The standard InChI is InChI=1S/C29H29N3O2S/c1-3-28(33)34-26-16-14-22-17-20(2)13-15-23(22)24(26)18-30-32(19-21-9-5-4-6-10-21)29-31-25-11-7-8-12-27(25)35-29/h3,7-8,11-18,21H,1,4-6,9-10,19H2,2H3/b30-18+. The Hall–Kier alpha value is -3.51. The number of thiazole rings is 1. The zero-order valence-electron chi connectivity index (χ0n) is 19.9. The Kier molecular flexibility index (Phi) is 6.91. The van der Waals surface area contributed by atoms with Gasteiger partial charge in [0, 0.05) is 18.2 Å². The zero-order valence-corrected chi connectivity index (χ0v) is 20.8. The van der Waals surface area contributed by atoms with E-state index in [0.29, 0.717) is 11.7 Å². The molecular weight excluding hydrogens is 454 g/mol. The van der Waals surface area contributed by atoms with Gasteiger partial charge in [0.25, 0.3) is 0 Å². The molecule has 1 fully saturated rings. The number of rotatable bonds is 7. The second-order valence-corrected chi connectivity index (χ2v) is 10.1. The first kappa shape index (κ1) is 23.2. The van der Waals surface area contributed by atoms with Crippen molar-refractivity contribution in [1.29, 1.82) is 0 Å². The average Bonchev–Trinajstić information content (AvgIpc) is 3.32. The van der Waals surface area contributed by atoms with Crippen molar-refractivity contribution >= 4 is 49.6 Å². The van der Waals surface area contributed by atoms with Gasteiger partial charge in [0.1, 0.15) is 5.75 Å². The number of esters is 1. The van der Waals surface area contributed by atoms with E-state index in [-0.39, 0.29) is 0 Å². The predicted octanol–water partition coefficient (Wildman–Crippen LogP) is 7.27. The third-order valence-electron chi connectivity index (χ3n) is 6.54. The fourth-order valence-electron chi connectivity index (χ4n) is 4.71. The van der Waals surface area contributed by atoms with Crippen LogP contribution in [-0.2, 0) is 4.79 Å². The first-order chi connectivity index (χ1) is 17.1. The molecule has 0 aliphatic heterocycles. The molecule has 0 spiro atoms. The lowest BCUT2D eigenvalue weighted by molar-refractivity contribution is -0.128. The van der Waals surface area contributed by atoms with Crippen molar-refractivity contribution < 1.29 is 9.53 Å². The quantitative estimate of drug-likeness (QED) is 0.0912. The van der Waals surface area contributed by atoms with Gasteiger partial charge < -0.3 is 4.74 Å². The number of hydrogen-bond acceptors (Lipinski definition) is 6. The zero-order chi connectivity index (χ0) is 24.2. The molecule has 178 valence electrons. The first-order valence-corrected chi connectivity index (χ1v) is 13.0. The third kappa shape index (κ3) is 5.28. The van der Waals surface area contributed by atoms with Crippen molar-refractivity contribution in [3.8, 4) is 5.75 Å². The molecule has 0 radical (unpaired) electrons. The van der Waals surface area contributed by atoms with E-state index in [9.17, 15) is 4.79 Å². The Morgan fingerprint density at radius 2 is 2.00 bits per heavy atom. The van der Waals surface area contributed by atoms with E-state index in [0.717, 1.165) is 38.2 Å². The summed E-state index contributed by atoms with van der Waals surface area (Å²) in [6, 6.07) is 18.2. The minimum atomic E-state index is -0.489. The molecule has 0 atom stereocenters. The van der Waals surface area contributed by atoms with Crippen LogP contribution in [0.3, 0.4) is 0 Å². The van der Waals surface area contributed by atoms with E-state index >= 15 is 0 Å². The van der Waals surface area contributed by atoms with Crippen molar-refractivity contribution in [3.63, 3.8) is 0 Å². The maximum absolute atomic E-state index is 12.0. The number of hydrazone groups is 1. The van der Waals surface area contributed by atoms with Gasteiger partial charge in [0.15, 0.2) is 0 Å². The first-order valence-electron chi connectivity index (χ1n) is 12.2. The summed E-state index contributed by atoms with van der Waals surface area (Å²) in [7, 11) is 0. The largest absolute Gasteiger partial charge is 0.423 e. The number of carbonyl (C=O) groups is 1. The highest BCUT2D eigenvalue weighted by Gasteiger charge is 2.20. The van der Waals surface area contributed by atoms with Crippen LogP contribution in [0, 0.1) is 12.8 Å². The SMILES string of the molecule is C=CC(=O)Oc1ccc2cc(C)ccc2c1/C=N/N(CC1CCCCC1)c1nc2ccccc2s1. The molecule has 35 heavy (non-hydrogen) atoms. The van der Waals surface area contributed by atoms with Gasteiger partial charge >= 0.3 is 5.97 Å². The molecule has 0 unspecified atom stereocenters. The van der Waals surface area contributed by atoms with Gasteiger partial charge in [-0.3, -0.25) is 0 Å². The molecule has 0 saturated heterocycles. The maximum atomic E-state index is 12.0. The van der Waals surface area contributed by atoms with E-state index in [4.69, 9.17) is 14.8 Å². The predicted molar refractivity (Wildman–Crippen MR) is 146 cm³/mol. The maximum Gasteiger partial charge on any atom is 0.335 e. The highest BCUT2D eigenvalue weighted by atomic mass is 32.1. The lowest BCUT2D eigenvalue weighted by Gasteiger charge is -2.26. The topological polar surface area (TPSA) is 54.8 Å². The normalized spacial score (nSPS) is 14.5. The molecule has 0 N–H and O–H groups in total. The van der Waals surface area contributed by atoms with Crippen LogP contribution in [-0.4, -0.2) is 23.7 Å². The van der Waals surface area contributed by atoms with Crippen LogP contribution in [0.1, 0.15) is 43.2 Å². The minimum absolute atomic E-state index is 0.469. The van der Waals surface area contributed by atoms with Gasteiger partial charge in [0.2, 0.25) is 5.13 Å². The van der Waals surface area contributed by atoms with Crippen LogP contribution in [0.5, 0.6) is 5.75 Å². The van der Waals surface area contributed by atoms with E-state index in [1.165, 1.54) is 43.7 Å². The Labute approximate surface area is 209 Å². The van der Waals surface area contributed by atoms with Gasteiger partial charge in [-0.1, -0.05) is 79.1 Å². The van der Waals surface area contributed by atoms with E-state index < -0.39 is 5.97 Å². The summed E-state index contributed by atoms with van der Waals surface area (Å²) in [6.07, 6.45) is 9.28. The Morgan fingerprint density at radius 3 is 2.80 bits per heavy atom. The molecule has 1 aliphatic carbocycles. The lowest BCUT2D eigenvalue weighted by atomic mass is 9.89. The third-order valence-corrected chi connectivity index (χ3v) is 7.59. The number of anilines is 1. The average molecular weight is 484 g/mol. The molecule has 6 heteroatoms. The minimum Gasteiger partial charge on any atom is -0.423 e. The van der Waals surface area contributed by atoms with Crippen molar-refractivity contribution in [1.82, 2.24) is 4.98 Å². The summed E-state index contributed by atoms with van der Waals surface area (Å²) in [5.74, 6) is 0.564. The van der Waals surface area contributed by atoms with Crippen LogP contribution in [0.25, 0.3) is 21.0 Å². The number of aryl methyl sites for hydroxylation is 1. The van der Waals surface area contributed by atoms with E-state index in [1.54, 1.807) is 11.3 Å².